The van der Waals surface area contributed by atoms with Crippen molar-refractivity contribution in [3.05, 3.63) is 29.8 Å². The lowest BCUT2D eigenvalue weighted by Crippen LogP contribution is -2.37. The number of nitrogens with zero attached hydrogens (tertiary/aromatic N) is 1. The zero-order valence-corrected chi connectivity index (χ0v) is 15.0. The van der Waals surface area contributed by atoms with Crippen LogP contribution in [0.5, 0.6) is 5.75 Å². The molecule has 0 spiro atoms. The van der Waals surface area contributed by atoms with Gasteiger partial charge in [0.15, 0.2) is 5.96 Å². The SMILES string of the molecule is CC1(C)CC1CN=C(N)NC1CCOc2ccccc21.I. The van der Waals surface area contributed by atoms with E-state index in [0.29, 0.717) is 17.3 Å². The number of benzene rings is 1. The van der Waals surface area contributed by atoms with E-state index >= 15 is 0 Å². The molecule has 0 aromatic heterocycles. The van der Waals surface area contributed by atoms with E-state index in [1.54, 1.807) is 0 Å². The Morgan fingerprint density at radius 1 is 1.43 bits per heavy atom. The Balaban J connectivity index is 0.00000161. The molecule has 1 aromatic rings. The van der Waals surface area contributed by atoms with Crippen LogP contribution in [0.2, 0.25) is 0 Å². The van der Waals surface area contributed by atoms with E-state index in [2.05, 4.69) is 30.2 Å². The maximum Gasteiger partial charge on any atom is 0.189 e. The lowest BCUT2D eigenvalue weighted by atomic mass is 10.0. The Hall–Kier alpha value is -0.980. The van der Waals surface area contributed by atoms with Gasteiger partial charge in [-0.25, -0.2) is 0 Å². The molecule has 0 bridgehead atoms. The summed E-state index contributed by atoms with van der Waals surface area (Å²) in [5.41, 5.74) is 7.65. The molecular weight excluding hydrogens is 377 g/mol. The molecule has 21 heavy (non-hydrogen) atoms. The lowest BCUT2D eigenvalue weighted by molar-refractivity contribution is 0.262. The van der Waals surface area contributed by atoms with Crippen LogP contribution in [0.25, 0.3) is 0 Å². The predicted octanol–water partition coefficient (Wildman–Crippen LogP) is 3.08. The summed E-state index contributed by atoms with van der Waals surface area (Å²) < 4.78 is 5.65. The number of nitrogens with two attached hydrogens (primary N) is 1. The molecule has 116 valence electrons. The first-order valence-electron chi connectivity index (χ1n) is 7.34. The van der Waals surface area contributed by atoms with Gasteiger partial charge >= 0.3 is 0 Å². The molecule has 0 radical (unpaired) electrons. The zero-order chi connectivity index (χ0) is 14.2. The van der Waals surface area contributed by atoms with Crippen LogP contribution < -0.4 is 15.8 Å². The molecule has 4 nitrogen and oxygen atoms in total. The summed E-state index contributed by atoms with van der Waals surface area (Å²) in [5, 5.41) is 3.33. The Kier molecular flexibility index (Phi) is 5.01. The molecule has 1 fully saturated rings. The minimum absolute atomic E-state index is 0. The number of hydrogen-bond acceptors (Lipinski definition) is 2. The number of rotatable bonds is 3. The van der Waals surface area contributed by atoms with Crippen molar-refractivity contribution >= 4 is 29.9 Å². The standard InChI is InChI=1S/C16H23N3O.HI/c1-16(2)9-11(16)10-18-15(17)19-13-7-8-20-14-6-4-3-5-12(13)14;/h3-6,11,13H,7-10H2,1-2H3,(H3,17,18,19);1H. The van der Waals surface area contributed by atoms with E-state index in [4.69, 9.17) is 10.5 Å². The normalized spacial score (nSPS) is 26.1. The van der Waals surface area contributed by atoms with Crippen molar-refractivity contribution in [2.45, 2.75) is 32.7 Å². The monoisotopic (exact) mass is 401 g/mol. The molecule has 1 saturated carbocycles. The van der Waals surface area contributed by atoms with Crippen LogP contribution in [0.3, 0.4) is 0 Å². The van der Waals surface area contributed by atoms with Gasteiger partial charge in [0, 0.05) is 18.5 Å². The van der Waals surface area contributed by atoms with Gasteiger partial charge in [0.25, 0.3) is 0 Å². The topological polar surface area (TPSA) is 59.6 Å². The van der Waals surface area contributed by atoms with Crippen molar-refractivity contribution in [3.8, 4) is 5.75 Å². The fraction of sp³-hybridized carbons (Fsp3) is 0.562. The number of para-hydroxylation sites is 1. The third-order valence-corrected chi connectivity index (χ3v) is 4.48. The van der Waals surface area contributed by atoms with Crippen LogP contribution in [-0.2, 0) is 0 Å². The summed E-state index contributed by atoms with van der Waals surface area (Å²) >= 11 is 0. The minimum Gasteiger partial charge on any atom is -0.493 e. The second-order valence-electron chi connectivity index (χ2n) is 6.49. The first-order valence-corrected chi connectivity index (χ1v) is 7.34. The molecule has 2 aliphatic rings. The van der Waals surface area contributed by atoms with E-state index < -0.39 is 0 Å². The maximum atomic E-state index is 6.02. The molecule has 1 aromatic carbocycles. The molecule has 1 heterocycles. The van der Waals surface area contributed by atoms with Crippen molar-refractivity contribution in [3.63, 3.8) is 0 Å². The number of aliphatic imine (C=N–C) groups is 1. The Labute approximate surface area is 143 Å². The third-order valence-electron chi connectivity index (χ3n) is 4.48. The van der Waals surface area contributed by atoms with Crippen LogP contribution in [0.4, 0.5) is 0 Å². The van der Waals surface area contributed by atoms with Crippen molar-refractivity contribution in [1.29, 1.82) is 0 Å². The average molecular weight is 401 g/mol. The second kappa shape index (κ2) is 6.42. The smallest absolute Gasteiger partial charge is 0.189 e. The highest BCUT2D eigenvalue weighted by molar-refractivity contribution is 14.0. The van der Waals surface area contributed by atoms with E-state index in [9.17, 15) is 0 Å². The first kappa shape index (κ1) is 16.4. The molecule has 3 N–H and O–H groups in total. The van der Waals surface area contributed by atoms with Crippen molar-refractivity contribution in [1.82, 2.24) is 5.32 Å². The molecule has 0 amide bonds. The molecule has 3 rings (SSSR count). The number of hydrogen-bond donors (Lipinski definition) is 2. The summed E-state index contributed by atoms with van der Waals surface area (Å²) in [6, 6.07) is 8.32. The lowest BCUT2D eigenvalue weighted by Gasteiger charge is -2.26. The van der Waals surface area contributed by atoms with Crippen LogP contribution in [0.15, 0.2) is 29.3 Å². The molecule has 1 aliphatic heterocycles. The number of nitrogens with one attached hydrogen (secondary N) is 1. The van der Waals surface area contributed by atoms with Crippen LogP contribution in [-0.4, -0.2) is 19.1 Å². The van der Waals surface area contributed by atoms with Crippen LogP contribution in [0, 0.1) is 11.3 Å². The van der Waals surface area contributed by atoms with Crippen LogP contribution >= 0.6 is 24.0 Å². The molecule has 0 saturated heterocycles. The highest BCUT2D eigenvalue weighted by Crippen LogP contribution is 2.51. The summed E-state index contributed by atoms with van der Waals surface area (Å²) in [6.45, 7) is 6.12. The van der Waals surface area contributed by atoms with Crippen molar-refractivity contribution < 1.29 is 4.74 Å². The summed E-state index contributed by atoms with van der Waals surface area (Å²) in [4.78, 5) is 4.49. The van der Waals surface area contributed by atoms with Crippen molar-refractivity contribution in [2.24, 2.45) is 22.1 Å². The number of ether oxygens (including phenoxy) is 1. The van der Waals surface area contributed by atoms with E-state index in [1.807, 2.05) is 18.2 Å². The largest absolute Gasteiger partial charge is 0.493 e. The number of guanidine groups is 1. The zero-order valence-electron chi connectivity index (χ0n) is 12.6. The molecule has 5 heteroatoms. The Morgan fingerprint density at radius 3 is 2.86 bits per heavy atom. The fourth-order valence-corrected chi connectivity index (χ4v) is 2.81. The number of halogens is 1. The minimum atomic E-state index is 0. The van der Waals surface area contributed by atoms with Crippen LogP contribution in [0.1, 0.15) is 38.3 Å². The van der Waals surface area contributed by atoms with Gasteiger partial charge in [-0.2, -0.15) is 0 Å². The van der Waals surface area contributed by atoms with Gasteiger partial charge in [0.05, 0.1) is 12.6 Å². The second-order valence-corrected chi connectivity index (χ2v) is 6.49. The average Bonchev–Trinajstić information content (AvgIpc) is 3.05. The third kappa shape index (κ3) is 3.81. The fourth-order valence-electron chi connectivity index (χ4n) is 2.81. The van der Waals surface area contributed by atoms with E-state index in [0.717, 1.165) is 25.3 Å². The Bertz CT molecular complexity index is 530. The summed E-state index contributed by atoms with van der Waals surface area (Å²) in [7, 11) is 0. The molecule has 1 aliphatic carbocycles. The van der Waals surface area contributed by atoms with Gasteiger partial charge in [0.1, 0.15) is 5.75 Å². The van der Waals surface area contributed by atoms with Gasteiger partial charge in [-0.1, -0.05) is 32.0 Å². The molecule has 2 atom stereocenters. The Morgan fingerprint density at radius 2 is 2.14 bits per heavy atom. The van der Waals surface area contributed by atoms with E-state index in [-0.39, 0.29) is 30.0 Å². The highest BCUT2D eigenvalue weighted by Gasteiger charge is 2.45. The van der Waals surface area contributed by atoms with Gasteiger partial charge in [-0.3, -0.25) is 4.99 Å². The summed E-state index contributed by atoms with van der Waals surface area (Å²) in [5.74, 6) is 2.19. The van der Waals surface area contributed by atoms with Gasteiger partial charge in [-0.15, -0.1) is 24.0 Å². The molecule has 2 unspecified atom stereocenters. The van der Waals surface area contributed by atoms with Gasteiger partial charge in [-0.05, 0) is 23.8 Å². The number of fused-ring (bicyclic) bond motifs is 1. The predicted molar refractivity (Wildman–Crippen MR) is 96.2 cm³/mol. The van der Waals surface area contributed by atoms with Gasteiger partial charge in [0.2, 0.25) is 0 Å². The van der Waals surface area contributed by atoms with Crippen molar-refractivity contribution in [2.75, 3.05) is 13.2 Å². The highest BCUT2D eigenvalue weighted by atomic mass is 127. The van der Waals surface area contributed by atoms with E-state index in [1.165, 1.54) is 12.0 Å². The summed E-state index contributed by atoms with van der Waals surface area (Å²) in [6.07, 6.45) is 2.17. The first-order chi connectivity index (χ1) is 9.56. The maximum absolute atomic E-state index is 6.02. The van der Waals surface area contributed by atoms with Gasteiger partial charge < -0.3 is 15.8 Å². The quantitative estimate of drug-likeness (QED) is 0.465. The molecular formula is C16H24IN3O.